The lowest BCUT2D eigenvalue weighted by atomic mass is 10.3. The summed E-state index contributed by atoms with van der Waals surface area (Å²) in [6, 6.07) is 5.04. The lowest BCUT2D eigenvalue weighted by Gasteiger charge is -2.10. The van der Waals surface area contributed by atoms with Crippen molar-refractivity contribution >= 4 is 21.6 Å². The van der Waals surface area contributed by atoms with Crippen LogP contribution in [0.15, 0.2) is 34.8 Å². The van der Waals surface area contributed by atoms with Crippen LogP contribution in [0.1, 0.15) is 0 Å². The molecule has 2 aromatic rings. The molecule has 0 radical (unpaired) electrons. The first-order valence-corrected chi connectivity index (χ1v) is 5.64. The van der Waals surface area contributed by atoms with Crippen LogP contribution in [0.3, 0.4) is 0 Å². The molecule has 0 saturated carbocycles. The summed E-state index contributed by atoms with van der Waals surface area (Å²) >= 11 is 2.95. The van der Waals surface area contributed by atoms with Gasteiger partial charge < -0.3 is 10.5 Å². The van der Waals surface area contributed by atoms with Crippen molar-refractivity contribution in [2.45, 2.75) is 0 Å². The molecule has 0 aliphatic rings. The second kappa shape index (κ2) is 4.89. The van der Waals surface area contributed by atoms with Crippen molar-refractivity contribution in [1.29, 1.82) is 0 Å². The van der Waals surface area contributed by atoms with Gasteiger partial charge in [0, 0.05) is 18.2 Å². The summed E-state index contributed by atoms with van der Waals surface area (Å²) in [4.78, 5) is 0. The topological polar surface area (TPSA) is 35.2 Å². The number of anilines is 1. The lowest BCUT2D eigenvalue weighted by Crippen LogP contribution is -1.96. The maximum Gasteiger partial charge on any atom is 0.166 e. The number of nitrogen functional groups attached to an aromatic ring is 1. The molecule has 2 aromatic carbocycles. The fraction of sp³-hybridized carbons (Fsp3) is 0. The number of halogens is 4. The number of rotatable bonds is 2. The van der Waals surface area contributed by atoms with Crippen LogP contribution in [0.4, 0.5) is 18.9 Å². The molecule has 2 N–H and O–H groups in total. The Kier molecular flexibility index (Phi) is 3.47. The molecule has 0 amide bonds. The zero-order valence-corrected chi connectivity index (χ0v) is 10.5. The summed E-state index contributed by atoms with van der Waals surface area (Å²) in [5.74, 6) is -2.24. The first kappa shape index (κ1) is 12.8. The summed E-state index contributed by atoms with van der Waals surface area (Å²) < 4.78 is 44.7. The van der Waals surface area contributed by atoms with Gasteiger partial charge in [-0.2, -0.15) is 0 Å². The predicted molar refractivity (Wildman–Crippen MR) is 64.9 cm³/mol. The van der Waals surface area contributed by atoms with Gasteiger partial charge >= 0.3 is 0 Å². The van der Waals surface area contributed by atoms with E-state index in [-0.39, 0.29) is 21.7 Å². The molecular formula is C12H7BrF3NO. The first-order chi connectivity index (χ1) is 8.47. The largest absolute Gasteiger partial charge is 0.452 e. The number of ether oxygens (including phenoxy) is 1. The molecule has 0 aromatic heterocycles. The Morgan fingerprint density at radius 2 is 1.67 bits per heavy atom. The van der Waals surface area contributed by atoms with E-state index in [4.69, 9.17) is 10.5 Å². The van der Waals surface area contributed by atoms with E-state index in [1.165, 1.54) is 6.07 Å². The average molecular weight is 318 g/mol. The van der Waals surface area contributed by atoms with E-state index >= 15 is 0 Å². The standard InChI is InChI=1S/C12H7BrF3NO/c13-7-4-12(10(17)5-9(7)16)18-11-3-6(14)1-2-8(11)15/h1-5H,17H2. The first-order valence-electron chi connectivity index (χ1n) is 4.85. The third kappa shape index (κ3) is 2.59. The third-order valence-electron chi connectivity index (χ3n) is 2.17. The van der Waals surface area contributed by atoms with Gasteiger partial charge in [0.1, 0.15) is 11.6 Å². The molecule has 0 spiro atoms. The normalized spacial score (nSPS) is 10.4. The zero-order chi connectivity index (χ0) is 13.3. The number of hydrogen-bond donors (Lipinski definition) is 1. The Morgan fingerprint density at radius 1 is 0.944 bits per heavy atom. The van der Waals surface area contributed by atoms with Crippen LogP contribution in [-0.4, -0.2) is 0 Å². The van der Waals surface area contributed by atoms with Crippen molar-refractivity contribution in [3.05, 3.63) is 52.3 Å². The van der Waals surface area contributed by atoms with Gasteiger partial charge in [-0.25, -0.2) is 13.2 Å². The van der Waals surface area contributed by atoms with Crippen molar-refractivity contribution in [3.63, 3.8) is 0 Å². The molecule has 18 heavy (non-hydrogen) atoms. The monoisotopic (exact) mass is 317 g/mol. The lowest BCUT2D eigenvalue weighted by molar-refractivity contribution is 0.437. The smallest absolute Gasteiger partial charge is 0.166 e. The molecule has 6 heteroatoms. The van der Waals surface area contributed by atoms with Gasteiger partial charge in [0.15, 0.2) is 17.3 Å². The Balaban J connectivity index is 2.40. The fourth-order valence-electron chi connectivity index (χ4n) is 1.31. The second-order valence-corrected chi connectivity index (χ2v) is 4.34. The van der Waals surface area contributed by atoms with E-state index in [0.29, 0.717) is 0 Å². The fourth-order valence-corrected chi connectivity index (χ4v) is 1.63. The Labute approximate surface area is 109 Å². The molecule has 0 saturated heterocycles. The SMILES string of the molecule is Nc1cc(F)c(Br)cc1Oc1cc(F)ccc1F. The molecule has 0 aliphatic heterocycles. The van der Waals surface area contributed by atoms with Crippen LogP contribution >= 0.6 is 15.9 Å². The highest BCUT2D eigenvalue weighted by atomic mass is 79.9. The Morgan fingerprint density at radius 3 is 2.39 bits per heavy atom. The summed E-state index contributed by atoms with van der Waals surface area (Å²) in [7, 11) is 0. The molecule has 0 atom stereocenters. The Hall–Kier alpha value is -1.69. The summed E-state index contributed by atoms with van der Waals surface area (Å²) in [6.45, 7) is 0. The van der Waals surface area contributed by atoms with E-state index < -0.39 is 17.5 Å². The molecule has 0 bridgehead atoms. The second-order valence-electron chi connectivity index (χ2n) is 3.48. The third-order valence-corrected chi connectivity index (χ3v) is 2.77. The van der Waals surface area contributed by atoms with Crippen LogP contribution in [0.25, 0.3) is 0 Å². The summed E-state index contributed by atoms with van der Waals surface area (Å²) in [5, 5.41) is 0. The van der Waals surface area contributed by atoms with Gasteiger partial charge in [-0.3, -0.25) is 0 Å². The quantitative estimate of drug-likeness (QED) is 0.841. The highest BCUT2D eigenvalue weighted by Crippen LogP contribution is 2.33. The maximum absolute atomic E-state index is 13.3. The summed E-state index contributed by atoms with van der Waals surface area (Å²) in [5.41, 5.74) is 5.51. The van der Waals surface area contributed by atoms with Crippen molar-refractivity contribution in [3.8, 4) is 11.5 Å². The molecule has 0 fully saturated rings. The van der Waals surface area contributed by atoms with Crippen molar-refractivity contribution in [1.82, 2.24) is 0 Å². The number of nitrogens with two attached hydrogens (primary N) is 1. The minimum atomic E-state index is -0.740. The maximum atomic E-state index is 13.3. The van der Waals surface area contributed by atoms with Crippen molar-refractivity contribution in [2.24, 2.45) is 0 Å². The molecule has 2 nitrogen and oxygen atoms in total. The van der Waals surface area contributed by atoms with Gasteiger partial charge in [-0.1, -0.05) is 0 Å². The predicted octanol–water partition coefficient (Wildman–Crippen LogP) is 4.24. The van der Waals surface area contributed by atoms with E-state index in [0.717, 1.165) is 24.3 Å². The average Bonchev–Trinajstić information content (AvgIpc) is 2.30. The van der Waals surface area contributed by atoms with E-state index in [1.54, 1.807) is 0 Å². The zero-order valence-electron chi connectivity index (χ0n) is 8.88. The molecule has 0 heterocycles. The number of hydrogen-bond acceptors (Lipinski definition) is 2. The van der Waals surface area contributed by atoms with Gasteiger partial charge in [0.25, 0.3) is 0 Å². The van der Waals surface area contributed by atoms with Crippen LogP contribution in [0.2, 0.25) is 0 Å². The minimum absolute atomic E-state index is 0.0145. The highest BCUT2D eigenvalue weighted by molar-refractivity contribution is 9.10. The molecule has 0 aliphatic carbocycles. The van der Waals surface area contributed by atoms with E-state index in [9.17, 15) is 13.2 Å². The molecule has 0 unspecified atom stereocenters. The molecular weight excluding hydrogens is 311 g/mol. The van der Waals surface area contributed by atoms with Gasteiger partial charge in [-0.05, 0) is 28.1 Å². The number of benzene rings is 2. The van der Waals surface area contributed by atoms with Crippen LogP contribution in [0, 0.1) is 17.5 Å². The van der Waals surface area contributed by atoms with E-state index in [2.05, 4.69) is 15.9 Å². The van der Waals surface area contributed by atoms with Gasteiger partial charge in [0.05, 0.1) is 10.2 Å². The van der Waals surface area contributed by atoms with Crippen molar-refractivity contribution in [2.75, 3.05) is 5.73 Å². The Bertz CT molecular complexity index is 604. The molecule has 2 rings (SSSR count). The van der Waals surface area contributed by atoms with Gasteiger partial charge in [0.2, 0.25) is 0 Å². The molecule has 94 valence electrons. The van der Waals surface area contributed by atoms with Gasteiger partial charge in [-0.15, -0.1) is 0 Å². The highest BCUT2D eigenvalue weighted by Gasteiger charge is 2.11. The minimum Gasteiger partial charge on any atom is -0.452 e. The van der Waals surface area contributed by atoms with Crippen LogP contribution in [0.5, 0.6) is 11.5 Å². The summed E-state index contributed by atoms with van der Waals surface area (Å²) in [6.07, 6.45) is 0. The van der Waals surface area contributed by atoms with Crippen LogP contribution < -0.4 is 10.5 Å². The van der Waals surface area contributed by atoms with E-state index in [1.807, 2.05) is 0 Å². The van der Waals surface area contributed by atoms with Crippen molar-refractivity contribution < 1.29 is 17.9 Å². The van der Waals surface area contributed by atoms with Crippen LogP contribution in [-0.2, 0) is 0 Å².